The molecule has 0 amide bonds. The van der Waals surface area contributed by atoms with Crippen LogP contribution in [-0.2, 0) is 16.3 Å². The van der Waals surface area contributed by atoms with E-state index in [4.69, 9.17) is 8.60 Å². The van der Waals surface area contributed by atoms with Gasteiger partial charge in [0.1, 0.15) is 16.2 Å². The molecule has 5 nitrogen and oxygen atoms in total. The van der Waals surface area contributed by atoms with E-state index in [-0.39, 0.29) is 10.5 Å². The van der Waals surface area contributed by atoms with Crippen LogP contribution in [0.25, 0.3) is 11.0 Å². The molecule has 0 unspecified atom stereocenters. The van der Waals surface area contributed by atoms with E-state index >= 15 is 0 Å². The van der Waals surface area contributed by atoms with E-state index in [2.05, 4.69) is 0 Å². The monoisotopic (exact) mass is 370 g/mol. The van der Waals surface area contributed by atoms with E-state index in [0.29, 0.717) is 11.5 Å². The lowest BCUT2D eigenvalue weighted by atomic mass is 10.2. The molecule has 0 atom stereocenters. The molecule has 3 aromatic rings. The Morgan fingerprint density at radius 3 is 2.44 bits per heavy atom. The summed E-state index contributed by atoms with van der Waals surface area (Å²) in [6, 6.07) is 9.62. The second kappa shape index (κ2) is 5.92. The van der Waals surface area contributed by atoms with Crippen molar-refractivity contribution in [2.75, 3.05) is 0 Å². The molecule has 25 heavy (non-hydrogen) atoms. The summed E-state index contributed by atoms with van der Waals surface area (Å²) in [6.45, 7) is 0. The fourth-order valence-corrected chi connectivity index (χ4v) is 3.06. The van der Waals surface area contributed by atoms with Crippen molar-refractivity contribution < 1.29 is 30.2 Å². The normalized spacial score (nSPS) is 12.3. The molecule has 0 spiro atoms. The van der Waals surface area contributed by atoms with Crippen molar-refractivity contribution in [3.8, 4) is 5.75 Å². The van der Waals surface area contributed by atoms with Crippen LogP contribution >= 0.6 is 0 Å². The summed E-state index contributed by atoms with van der Waals surface area (Å²) in [6.07, 6.45) is -4.62. The summed E-state index contributed by atoms with van der Waals surface area (Å²) in [5.74, 6) is -0.463. The molecule has 0 aliphatic heterocycles. The molecule has 0 bridgehead atoms. The number of fused-ring (bicyclic) bond motifs is 1. The van der Waals surface area contributed by atoms with E-state index in [9.17, 15) is 26.4 Å². The molecular formula is C16H9F3O5S. The third kappa shape index (κ3) is 3.66. The molecular weight excluding hydrogens is 361 g/mol. The van der Waals surface area contributed by atoms with Gasteiger partial charge in [-0.2, -0.15) is 21.6 Å². The van der Waals surface area contributed by atoms with Crippen molar-refractivity contribution in [1.82, 2.24) is 0 Å². The van der Waals surface area contributed by atoms with Gasteiger partial charge in [-0.15, -0.1) is 0 Å². The Balaban J connectivity index is 1.97. The molecule has 1 heterocycles. The summed E-state index contributed by atoms with van der Waals surface area (Å²) < 4.78 is 72.3. The molecule has 0 saturated heterocycles. The number of halogens is 3. The van der Waals surface area contributed by atoms with Gasteiger partial charge in [-0.25, -0.2) is 4.79 Å². The minimum atomic E-state index is -4.62. The lowest BCUT2D eigenvalue weighted by Gasteiger charge is -2.10. The maximum atomic E-state index is 12.7. The number of rotatable bonds is 3. The minimum Gasteiger partial charge on any atom is -0.423 e. The number of hydrogen-bond acceptors (Lipinski definition) is 5. The predicted octanol–water partition coefficient (Wildman–Crippen LogP) is 3.58. The standard InChI is InChI=1S/C16H9F3O5S/c17-16(18,19)11-2-1-3-12(9-11)24-25(21,22)13-5-6-14-10(8-13)4-7-15(20)23-14/h1-9H. The van der Waals surface area contributed by atoms with Crippen LogP contribution in [0, 0.1) is 0 Å². The zero-order chi connectivity index (χ0) is 18.2. The second-order valence-electron chi connectivity index (χ2n) is 5.02. The Morgan fingerprint density at radius 1 is 0.960 bits per heavy atom. The van der Waals surface area contributed by atoms with Gasteiger partial charge in [0.25, 0.3) is 0 Å². The van der Waals surface area contributed by atoms with Crippen molar-refractivity contribution in [3.05, 3.63) is 70.6 Å². The summed E-state index contributed by atoms with van der Waals surface area (Å²) >= 11 is 0. The van der Waals surface area contributed by atoms with Gasteiger partial charge < -0.3 is 8.60 Å². The highest BCUT2D eigenvalue weighted by Crippen LogP contribution is 2.32. The van der Waals surface area contributed by atoms with Crippen molar-refractivity contribution >= 4 is 21.1 Å². The Hall–Kier alpha value is -2.81. The average molecular weight is 370 g/mol. The van der Waals surface area contributed by atoms with E-state index in [1.54, 1.807) is 0 Å². The van der Waals surface area contributed by atoms with Gasteiger partial charge in [-0.3, -0.25) is 0 Å². The van der Waals surface area contributed by atoms with Crippen LogP contribution in [0.4, 0.5) is 13.2 Å². The summed E-state index contributed by atoms with van der Waals surface area (Å²) in [5.41, 5.74) is -1.45. The summed E-state index contributed by atoms with van der Waals surface area (Å²) in [7, 11) is -4.36. The zero-order valence-corrected chi connectivity index (χ0v) is 13.1. The Morgan fingerprint density at radius 2 is 1.72 bits per heavy atom. The lowest BCUT2D eigenvalue weighted by molar-refractivity contribution is -0.137. The van der Waals surface area contributed by atoms with Gasteiger partial charge in [-0.1, -0.05) is 6.07 Å². The van der Waals surface area contributed by atoms with Crippen LogP contribution < -0.4 is 9.81 Å². The third-order valence-corrected chi connectivity index (χ3v) is 4.49. The van der Waals surface area contributed by atoms with Crippen LogP contribution in [0.1, 0.15) is 5.56 Å². The number of alkyl halides is 3. The topological polar surface area (TPSA) is 73.6 Å². The van der Waals surface area contributed by atoms with Gasteiger partial charge in [0, 0.05) is 11.5 Å². The van der Waals surface area contributed by atoms with Crippen LogP contribution in [0.3, 0.4) is 0 Å². The fraction of sp³-hybridized carbons (Fsp3) is 0.0625. The van der Waals surface area contributed by atoms with E-state index in [0.717, 1.165) is 30.3 Å². The molecule has 0 saturated carbocycles. The quantitative estimate of drug-likeness (QED) is 0.520. The van der Waals surface area contributed by atoms with Crippen molar-refractivity contribution in [3.63, 3.8) is 0 Å². The minimum absolute atomic E-state index is 0.172. The molecule has 1 aromatic heterocycles. The fourth-order valence-electron chi connectivity index (χ4n) is 2.10. The van der Waals surface area contributed by atoms with Crippen molar-refractivity contribution in [2.24, 2.45) is 0 Å². The first-order valence-electron chi connectivity index (χ1n) is 6.81. The van der Waals surface area contributed by atoms with Gasteiger partial charge in [0.2, 0.25) is 0 Å². The maximum Gasteiger partial charge on any atom is 0.416 e. The highest BCUT2D eigenvalue weighted by Gasteiger charge is 2.31. The first-order chi connectivity index (χ1) is 11.6. The van der Waals surface area contributed by atoms with Gasteiger partial charge in [0.15, 0.2) is 0 Å². The SMILES string of the molecule is O=c1ccc2cc(S(=O)(=O)Oc3cccc(C(F)(F)F)c3)ccc2o1. The van der Waals surface area contributed by atoms with E-state index < -0.39 is 33.2 Å². The third-order valence-electron chi connectivity index (χ3n) is 3.25. The van der Waals surface area contributed by atoms with Crippen LogP contribution in [-0.4, -0.2) is 8.42 Å². The molecule has 0 fully saturated rings. The molecule has 130 valence electrons. The molecule has 3 rings (SSSR count). The lowest BCUT2D eigenvalue weighted by Crippen LogP contribution is -2.11. The molecule has 9 heteroatoms. The van der Waals surface area contributed by atoms with Crippen LogP contribution in [0.2, 0.25) is 0 Å². The molecule has 0 radical (unpaired) electrons. The molecule has 0 aliphatic carbocycles. The Labute approximate surface area is 139 Å². The molecule has 0 aliphatic rings. The molecule has 0 N–H and O–H groups in total. The predicted molar refractivity (Wildman–Crippen MR) is 81.7 cm³/mol. The first-order valence-corrected chi connectivity index (χ1v) is 8.22. The smallest absolute Gasteiger partial charge is 0.416 e. The van der Waals surface area contributed by atoms with Gasteiger partial charge in [0.05, 0.1) is 5.56 Å². The highest BCUT2D eigenvalue weighted by molar-refractivity contribution is 7.87. The summed E-state index contributed by atoms with van der Waals surface area (Å²) in [4.78, 5) is 10.8. The zero-order valence-electron chi connectivity index (χ0n) is 12.3. The summed E-state index contributed by atoms with van der Waals surface area (Å²) in [5, 5.41) is 0.327. The number of hydrogen-bond donors (Lipinski definition) is 0. The van der Waals surface area contributed by atoms with E-state index in [1.807, 2.05) is 0 Å². The average Bonchev–Trinajstić information content (AvgIpc) is 2.53. The first kappa shape index (κ1) is 17.0. The second-order valence-corrected chi connectivity index (χ2v) is 6.56. The largest absolute Gasteiger partial charge is 0.423 e. The van der Waals surface area contributed by atoms with E-state index in [1.165, 1.54) is 18.2 Å². The van der Waals surface area contributed by atoms with Gasteiger partial charge >= 0.3 is 21.9 Å². The van der Waals surface area contributed by atoms with Crippen LogP contribution in [0.5, 0.6) is 5.75 Å². The highest BCUT2D eigenvalue weighted by atomic mass is 32.2. The molecule has 2 aromatic carbocycles. The van der Waals surface area contributed by atoms with Crippen molar-refractivity contribution in [2.45, 2.75) is 11.1 Å². The van der Waals surface area contributed by atoms with Crippen LogP contribution in [0.15, 0.2) is 68.7 Å². The number of benzene rings is 2. The Kier molecular flexibility index (Phi) is 4.03. The van der Waals surface area contributed by atoms with Crippen molar-refractivity contribution in [1.29, 1.82) is 0 Å². The van der Waals surface area contributed by atoms with Gasteiger partial charge in [-0.05, 0) is 42.5 Å². The Bertz CT molecular complexity index is 1100. The maximum absolute atomic E-state index is 12.7.